The van der Waals surface area contributed by atoms with Crippen LogP contribution in [0.2, 0.25) is 0 Å². The van der Waals surface area contributed by atoms with E-state index in [2.05, 4.69) is 10.6 Å². The number of ketones is 6. The minimum atomic E-state index is -0.912. The summed E-state index contributed by atoms with van der Waals surface area (Å²) in [6.07, 6.45) is 6.02. The molecule has 0 bridgehead atoms. The van der Waals surface area contributed by atoms with Gasteiger partial charge in [-0.3, -0.25) is 57.5 Å². The first kappa shape index (κ1) is 127. The fraction of sp³-hybridized carbons (Fsp3) is 0.865. The van der Waals surface area contributed by atoms with Gasteiger partial charge >= 0.3 is 23.9 Å². The van der Waals surface area contributed by atoms with Gasteiger partial charge in [0.25, 0.3) is 0 Å². The van der Waals surface area contributed by atoms with Gasteiger partial charge in [-0.15, -0.1) is 0 Å². The number of carbonyl (C=O) groups is 12. The monoisotopic (exact) mass is 1900 g/mol. The largest absolute Gasteiger partial charge is 0.481 e. The normalized spacial score (nSPS) is 11.5. The fourth-order valence-electron chi connectivity index (χ4n) is 10.5. The second-order valence-corrected chi connectivity index (χ2v) is 30.3. The van der Waals surface area contributed by atoms with Gasteiger partial charge in [0.2, 0.25) is 11.8 Å². The molecular formula is C89H160N2O40. The molecule has 0 atom stereocenters. The van der Waals surface area contributed by atoms with Gasteiger partial charge in [0.1, 0.15) is 34.7 Å². The van der Waals surface area contributed by atoms with E-state index in [0.29, 0.717) is 295 Å². The highest BCUT2D eigenvalue weighted by Crippen LogP contribution is 2.25. The first-order chi connectivity index (χ1) is 63.4. The SMILES string of the molecule is CC(=O)CCOCCOCCOCCNC(=O)CCOCC(C)(COCCC(=O)CCCOCCOCCOCCC(=O)O)COCCC(=O)CCCOCCOCCOCCC(=O)O.CCC(COCCC(=O)CCCOCCOCCOCCC(=O)O)(COCCC(=O)CCCOCCOCCOCCC(=O)O)COCCC(=O)NCCOCCOCCOCCC(C)=O. The second-order valence-electron chi connectivity index (χ2n) is 30.3. The molecule has 0 saturated carbocycles. The van der Waals surface area contributed by atoms with Crippen molar-refractivity contribution in [1.29, 1.82) is 0 Å². The molecule has 0 aliphatic rings. The van der Waals surface area contributed by atoms with Crippen LogP contribution in [0.1, 0.15) is 163 Å². The predicted octanol–water partition coefficient (Wildman–Crippen LogP) is 4.60. The molecule has 0 aromatic carbocycles. The number of ether oxygens (including phenoxy) is 24. The molecule has 0 heterocycles. The van der Waals surface area contributed by atoms with Crippen molar-refractivity contribution in [2.75, 3.05) is 330 Å². The lowest BCUT2D eigenvalue weighted by molar-refractivity contribution is -0.139. The molecule has 131 heavy (non-hydrogen) atoms. The lowest BCUT2D eigenvalue weighted by Crippen LogP contribution is -2.38. The fourth-order valence-corrected chi connectivity index (χ4v) is 10.5. The molecule has 0 spiro atoms. The van der Waals surface area contributed by atoms with Gasteiger partial charge < -0.3 is 145 Å². The van der Waals surface area contributed by atoms with Crippen molar-refractivity contribution in [3.05, 3.63) is 0 Å². The van der Waals surface area contributed by atoms with Crippen molar-refractivity contribution in [2.24, 2.45) is 10.8 Å². The zero-order valence-corrected chi connectivity index (χ0v) is 78.7. The predicted molar refractivity (Wildman–Crippen MR) is 471 cm³/mol. The van der Waals surface area contributed by atoms with Crippen LogP contribution < -0.4 is 10.6 Å². The Balaban J connectivity index is 0. The molecule has 0 radical (unpaired) electrons. The number of carboxylic acid groups (broad SMARTS) is 4. The van der Waals surface area contributed by atoms with Crippen molar-refractivity contribution < 1.29 is 192 Å². The van der Waals surface area contributed by atoms with Crippen LogP contribution in [0.4, 0.5) is 0 Å². The van der Waals surface area contributed by atoms with Gasteiger partial charge in [-0.2, -0.15) is 0 Å². The Morgan fingerprint density at radius 1 is 0.206 bits per heavy atom. The highest BCUT2D eigenvalue weighted by molar-refractivity contribution is 5.80. The maximum atomic E-state index is 12.5. The molecule has 42 heteroatoms. The summed E-state index contributed by atoms with van der Waals surface area (Å²) in [5, 5.41) is 39.9. The average molecular weight is 1900 g/mol. The Hall–Kier alpha value is -6.12. The van der Waals surface area contributed by atoms with Crippen LogP contribution in [0, 0.1) is 10.8 Å². The van der Waals surface area contributed by atoms with E-state index >= 15 is 0 Å². The molecule has 0 aromatic rings. The summed E-state index contributed by atoms with van der Waals surface area (Å²) in [5.74, 6) is -3.68. The van der Waals surface area contributed by atoms with Crippen LogP contribution in [-0.2, 0) is 171 Å². The number of nitrogens with one attached hydrogen (secondary N) is 2. The molecule has 0 aliphatic carbocycles. The van der Waals surface area contributed by atoms with E-state index in [0.717, 1.165) is 0 Å². The number of hydrogen-bond acceptors (Lipinski definition) is 36. The molecule has 0 saturated heterocycles. The Labute approximate surface area is 773 Å². The third-order valence-corrected chi connectivity index (χ3v) is 18.0. The van der Waals surface area contributed by atoms with E-state index in [9.17, 15) is 57.5 Å². The van der Waals surface area contributed by atoms with Crippen LogP contribution in [0.3, 0.4) is 0 Å². The van der Waals surface area contributed by atoms with E-state index in [1.807, 2.05) is 13.8 Å². The average Bonchev–Trinajstić information content (AvgIpc) is 0.876. The molecule has 0 aliphatic heterocycles. The van der Waals surface area contributed by atoms with Gasteiger partial charge in [-0.1, -0.05) is 13.8 Å². The third-order valence-electron chi connectivity index (χ3n) is 18.0. The third kappa shape index (κ3) is 101. The van der Waals surface area contributed by atoms with E-state index in [4.69, 9.17) is 134 Å². The molecule has 766 valence electrons. The van der Waals surface area contributed by atoms with Crippen molar-refractivity contribution in [3.8, 4) is 0 Å². The summed E-state index contributed by atoms with van der Waals surface area (Å²) < 4.78 is 132. The first-order valence-corrected chi connectivity index (χ1v) is 45.7. The molecule has 42 nitrogen and oxygen atoms in total. The Bertz CT molecular complexity index is 2510. The summed E-state index contributed by atoms with van der Waals surface area (Å²) in [6.45, 7) is 22.4. The summed E-state index contributed by atoms with van der Waals surface area (Å²) >= 11 is 0. The van der Waals surface area contributed by atoms with Crippen molar-refractivity contribution >= 4 is 70.4 Å². The zero-order chi connectivity index (χ0) is 96.5. The van der Waals surface area contributed by atoms with E-state index in [-0.39, 0.29) is 216 Å². The number of carboxylic acids is 4. The van der Waals surface area contributed by atoms with Gasteiger partial charge in [0.15, 0.2) is 0 Å². The molecule has 2 amide bonds. The zero-order valence-electron chi connectivity index (χ0n) is 78.7. The van der Waals surface area contributed by atoms with Crippen molar-refractivity contribution in [3.63, 3.8) is 0 Å². The lowest BCUT2D eigenvalue weighted by atomic mass is 9.88. The van der Waals surface area contributed by atoms with E-state index < -0.39 is 34.7 Å². The number of rotatable bonds is 107. The molecule has 0 rings (SSSR count). The van der Waals surface area contributed by atoms with Gasteiger partial charge in [0.05, 0.1) is 316 Å². The minimum Gasteiger partial charge on any atom is -0.481 e. The quantitative estimate of drug-likeness (QED) is 0.0453. The van der Waals surface area contributed by atoms with Gasteiger partial charge in [0, 0.05) is 127 Å². The van der Waals surface area contributed by atoms with Gasteiger partial charge in [-0.25, -0.2) is 0 Å². The highest BCUT2D eigenvalue weighted by atomic mass is 16.6. The Kier molecular flexibility index (Phi) is 94.0. The summed E-state index contributed by atoms with van der Waals surface area (Å²) in [5.41, 5.74) is -1.21. The van der Waals surface area contributed by atoms with Crippen LogP contribution >= 0.6 is 0 Å². The van der Waals surface area contributed by atoms with Crippen LogP contribution in [0.25, 0.3) is 0 Å². The summed E-state index contributed by atoms with van der Waals surface area (Å²) in [4.78, 5) is 138. The standard InChI is InChI=1S/C45H81NO20.C44H79NO20/c1-3-45(36-64-18-9-40(48)6-4-15-55-24-30-61-33-27-58-21-12-43(51)52,37-65-19-10-41(49)7-5-16-56-25-31-62-34-28-59-22-13-44(53)54)38-66-20-11-42(50)46-14-23-60-29-35-63-32-26-57-17-8-39(2)47;1-38(46)7-16-56-25-31-62-34-28-59-22-13-45-41(49)10-19-65-37-44(2,35-63-17-8-39(47)5-3-14-54-23-29-60-32-26-57-20-11-42(50)51)36-64-18-9-40(48)6-4-15-55-24-30-61-33-27-58-21-12-43(52)53/h3-38H2,1-2H3,(H,46,50)(H,51,52)(H,53,54);3-37H2,1-2H3,(H,45,49)(H,50,51)(H,52,53). The maximum absolute atomic E-state index is 12.5. The smallest absolute Gasteiger partial charge is 0.305 e. The van der Waals surface area contributed by atoms with Crippen molar-refractivity contribution in [1.82, 2.24) is 10.6 Å². The Morgan fingerprint density at radius 3 is 0.588 bits per heavy atom. The number of amides is 2. The highest BCUT2D eigenvalue weighted by Gasteiger charge is 2.31. The van der Waals surface area contributed by atoms with E-state index in [1.54, 1.807) is 0 Å². The van der Waals surface area contributed by atoms with Crippen LogP contribution in [0.15, 0.2) is 0 Å². The molecule has 0 fully saturated rings. The second kappa shape index (κ2) is 97.0. The summed E-state index contributed by atoms with van der Waals surface area (Å²) in [7, 11) is 0. The topological polar surface area (TPSA) is 531 Å². The maximum Gasteiger partial charge on any atom is 0.305 e. The summed E-state index contributed by atoms with van der Waals surface area (Å²) in [6, 6.07) is 0. The minimum absolute atomic E-state index is 0.0418. The number of hydrogen-bond donors (Lipinski definition) is 6. The van der Waals surface area contributed by atoms with E-state index in [1.165, 1.54) is 13.8 Å². The molecule has 0 aromatic heterocycles. The Morgan fingerprint density at radius 2 is 0.382 bits per heavy atom. The first-order valence-electron chi connectivity index (χ1n) is 45.7. The molecule has 6 N–H and O–H groups in total. The molecule has 0 unspecified atom stereocenters. The number of Topliss-reactive ketones (excluding diaryl/α,β-unsaturated/α-hetero) is 6. The van der Waals surface area contributed by atoms with Crippen molar-refractivity contribution in [2.45, 2.75) is 163 Å². The van der Waals surface area contributed by atoms with Crippen LogP contribution in [-0.4, -0.2) is 421 Å². The van der Waals surface area contributed by atoms with Gasteiger partial charge in [-0.05, 0) is 46.0 Å². The lowest BCUT2D eigenvalue weighted by Gasteiger charge is -2.32. The van der Waals surface area contributed by atoms with Crippen LogP contribution in [0.5, 0.6) is 0 Å². The molecular weight excluding hydrogens is 1740 g/mol. The number of aliphatic carboxylic acids is 4. The number of carbonyl (C=O) groups excluding carboxylic acids is 8.